The van der Waals surface area contributed by atoms with Crippen molar-refractivity contribution in [2.24, 2.45) is 0 Å². The Morgan fingerprint density at radius 3 is 2.32 bits per heavy atom. The van der Waals surface area contributed by atoms with Crippen LogP contribution in [0.25, 0.3) is 0 Å². The smallest absolute Gasteiger partial charge is 0.227 e. The van der Waals surface area contributed by atoms with Crippen molar-refractivity contribution in [2.75, 3.05) is 7.05 Å². The second kappa shape index (κ2) is 7.12. The lowest BCUT2D eigenvalue weighted by atomic mass is 10.1. The summed E-state index contributed by atoms with van der Waals surface area (Å²) in [6.07, 6.45) is 0.0772. The van der Waals surface area contributed by atoms with E-state index in [0.29, 0.717) is 21.2 Å². The Hall–Kier alpha value is -1.58. The quantitative estimate of drug-likeness (QED) is 0.776. The lowest BCUT2D eigenvalue weighted by Gasteiger charge is -2.26. The average molecular weight is 340 g/mol. The Morgan fingerprint density at radius 1 is 1.14 bits per heavy atom. The third-order valence-corrected chi connectivity index (χ3v) is 4.43. The molecular weight excluding hydrogens is 324 g/mol. The van der Waals surface area contributed by atoms with Gasteiger partial charge in [-0.25, -0.2) is 4.39 Å². The second-order valence-corrected chi connectivity index (χ2v) is 5.89. The molecular formula is C17H16Cl2FNO. The Kier molecular flexibility index (Phi) is 5.43. The summed E-state index contributed by atoms with van der Waals surface area (Å²) in [6.45, 7) is 1.78. The van der Waals surface area contributed by atoms with Crippen LogP contribution in [-0.2, 0) is 11.2 Å². The molecule has 0 N–H and O–H groups in total. The van der Waals surface area contributed by atoms with Crippen LogP contribution in [-0.4, -0.2) is 17.9 Å². The van der Waals surface area contributed by atoms with Crippen LogP contribution in [0, 0.1) is 5.82 Å². The molecule has 22 heavy (non-hydrogen) atoms. The fraction of sp³-hybridized carbons (Fsp3) is 0.235. The monoisotopic (exact) mass is 339 g/mol. The highest BCUT2D eigenvalue weighted by atomic mass is 35.5. The van der Waals surface area contributed by atoms with Gasteiger partial charge in [-0.15, -0.1) is 0 Å². The molecule has 2 nitrogen and oxygen atoms in total. The van der Waals surface area contributed by atoms with Gasteiger partial charge in [0.2, 0.25) is 5.91 Å². The summed E-state index contributed by atoms with van der Waals surface area (Å²) in [4.78, 5) is 13.9. The first-order valence-electron chi connectivity index (χ1n) is 6.84. The number of halogens is 3. The lowest BCUT2D eigenvalue weighted by Crippen LogP contribution is -2.31. The van der Waals surface area contributed by atoms with Crippen LogP contribution in [0.1, 0.15) is 24.1 Å². The molecule has 0 aliphatic rings. The highest BCUT2D eigenvalue weighted by molar-refractivity contribution is 6.36. The van der Waals surface area contributed by atoms with Crippen molar-refractivity contribution in [1.82, 2.24) is 4.90 Å². The summed E-state index contributed by atoms with van der Waals surface area (Å²) >= 11 is 12.2. The van der Waals surface area contributed by atoms with Crippen molar-refractivity contribution in [3.63, 3.8) is 0 Å². The topological polar surface area (TPSA) is 20.3 Å². The van der Waals surface area contributed by atoms with E-state index in [2.05, 4.69) is 0 Å². The van der Waals surface area contributed by atoms with Crippen molar-refractivity contribution in [3.8, 4) is 0 Å². The van der Waals surface area contributed by atoms with Crippen molar-refractivity contribution >= 4 is 29.1 Å². The molecule has 2 aromatic carbocycles. The maximum Gasteiger partial charge on any atom is 0.227 e. The van der Waals surface area contributed by atoms with Crippen molar-refractivity contribution in [1.29, 1.82) is 0 Å². The summed E-state index contributed by atoms with van der Waals surface area (Å²) in [7, 11) is 1.64. The number of carbonyl (C=O) groups is 1. The van der Waals surface area contributed by atoms with E-state index in [4.69, 9.17) is 23.2 Å². The molecule has 5 heteroatoms. The third kappa shape index (κ3) is 3.60. The molecule has 0 aromatic heterocycles. The molecule has 0 fully saturated rings. The van der Waals surface area contributed by atoms with Gasteiger partial charge >= 0.3 is 0 Å². The number of hydrogen-bond acceptors (Lipinski definition) is 1. The second-order valence-electron chi connectivity index (χ2n) is 5.08. The molecule has 0 aliphatic heterocycles. The van der Waals surface area contributed by atoms with Crippen molar-refractivity contribution < 1.29 is 9.18 Å². The van der Waals surface area contributed by atoms with E-state index in [-0.39, 0.29) is 24.2 Å². The van der Waals surface area contributed by atoms with Crippen LogP contribution in [0.4, 0.5) is 4.39 Å². The SMILES string of the molecule is CC(c1ccccc1F)N(C)C(=O)Cc1c(Cl)cccc1Cl. The fourth-order valence-electron chi connectivity index (χ4n) is 2.22. The summed E-state index contributed by atoms with van der Waals surface area (Å²) in [5.74, 6) is -0.504. The van der Waals surface area contributed by atoms with Crippen molar-refractivity contribution in [3.05, 3.63) is 69.5 Å². The average Bonchev–Trinajstić information content (AvgIpc) is 2.50. The number of benzene rings is 2. The Morgan fingerprint density at radius 2 is 1.73 bits per heavy atom. The molecule has 0 aliphatic carbocycles. The van der Waals surface area contributed by atoms with Crippen LogP contribution in [0.15, 0.2) is 42.5 Å². The molecule has 1 amide bonds. The van der Waals surface area contributed by atoms with E-state index in [1.165, 1.54) is 11.0 Å². The third-order valence-electron chi connectivity index (χ3n) is 3.72. The standard InChI is InChI=1S/C17H16Cl2FNO/c1-11(12-6-3-4-9-16(12)20)21(2)17(22)10-13-14(18)7-5-8-15(13)19/h3-9,11H,10H2,1-2H3. The molecule has 0 heterocycles. The zero-order valence-electron chi connectivity index (χ0n) is 12.3. The summed E-state index contributed by atoms with van der Waals surface area (Å²) in [5.41, 5.74) is 1.06. The molecule has 0 saturated carbocycles. The van der Waals surface area contributed by atoms with Crippen molar-refractivity contribution in [2.45, 2.75) is 19.4 Å². The number of likely N-dealkylation sites (N-methyl/N-ethyl adjacent to an activating group) is 1. The van der Waals surface area contributed by atoms with Gasteiger partial charge in [0.15, 0.2) is 0 Å². The predicted octanol–water partition coefficient (Wildman–Crippen LogP) is 4.89. The van der Waals surface area contributed by atoms with Crippen LogP contribution >= 0.6 is 23.2 Å². The molecule has 2 rings (SSSR count). The fourth-order valence-corrected chi connectivity index (χ4v) is 2.75. The zero-order chi connectivity index (χ0) is 16.3. The van der Waals surface area contributed by atoms with Crippen LogP contribution < -0.4 is 0 Å². The number of hydrogen-bond donors (Lipinski definition) is 0. The zero-order valence-corrected chi connectivity index (χ0v) is 13.8. The molecule has 2 aromatic rings. The lowest BCUT2D eigenvalue weighted by molar-refractivity contribution is -0.131. The molecule has 0 bridgehead atoms. The van der Waals surface area contributed by atoms with Gasteiger partial charge in [0.05, 0.1) is 12.5 Å². The number of amides is 1. The Labute approximate surface area is 139 Å². The predicted molar refractivity (Wildman–Crippen MR) is 87.8 cm³/mol. The van der Waals surface area contributed by atoms with Gasteiger partial charge in [-0.1, -0.05) is 47.5 Å². The molecule has 0 spiro atoms. The maximum absolute atomic E-state index is 13.8. The summed E-state index contributed by atoms with van der Waals surface area (Å²) < 4.78 is 13.8. The van der Waals surface area contributed by atoms with E-state index >= 15 is 0 Å². The number of nitrogens with zero attached hydrogens (tertiary/aromatic N) is 1. The molecule has 1 atom stereocenters. The van der Waals surface area contributed by atoms with Gasteiger partial charge in [0.25, 0.3) is 0 Å². The maximum atomic E-state index is 13.8. The van der Waals surface area contributed by atoms with E-state index in [1.807, 2.05) is 0 Å². The summed E-state index contributed by atoms with van der Waals surface area (Å²) in [6, 6.07) is 11.2. The van der Waals surface area contributed by atoms with Gasteiger partial charge in [-0.2, -0.15) is 0 Å². The van der Waals surface area contributed by atoms with Crippen LogP contribution in [0.2, 0.25) is 10.0 Å². The van der Waals surface area contributed by atoms with Crippen LogP contribution in [0.3, 0.4) is 0 Å². The minimum Gasteiger partial charge on any atom is -0.339 e. The Balaban J connectivity index is 2.17. The van der Waals surface area contributed by atoms with E-state index in [1.54, 1.807) is 50.4 Å². The first-order chi connectivity index (χ1) is 10.4. The van der Waals surface area contributed by atoms with E-state index in [0.717, 1.165) is 0 Å². The molecule has 116 valence electrons. The van der Waals surface area contributed by atoms with E-state index < -0.39 is 0 Å². The number of carbonyl (C=O) groups excluding carboxylic acids is 1. The van der Waals surface area contributed by atoms with Gasteiger partial charge in [-0.3, -0.25) is 4.79 Å². The minimum absolute atomic E-state index is 0.0772. The highest BCUT2D eigenvalue weighted by Gasteiger charge is 2.21. The number of rotatable bonds is 4. The van der Waals surface area contributed by atoms with Gasteiger partial charge < -0.3 is 4.90 Å². The first kappa shape index (κ1) is 16.8. The summed E-state index contributed by atoms with van der Waals surface area (Å²) in [5, 5.41) is 0.903. The highest BCUT2D eigenvalue weighted by Crippen LogP contribution is 2.27. The van der Waals surface area contributed by atoms with Crippen LogP contribution in [0.5, 0.6) is 0 Å². The largest absolute Gasteiger partial charge is 0.339 e. The van der Waals surface area contributed by atoms with Gasteiger partial charge in [-0.05, 0) is 30.7 Å². The minimum atomic E-state index is -0.380. The van der Waals surface area contributed by atoms with Gasteiger partial charge in [0.1, 0.15) is 5.82 Å². The van der Waals surface area contributed by atoms with Gasteiger partial charge in [0, 0.05) is 22.7 Å². The Bertz CT molecular complexity index is 670. The van der Waals surface area contributed by atoms with E-state index in [9.17, 15) is 9.18 Å². The normalized spacial score (nSPS) is 12.0. The molecule has 1 unspecified atom stereocenters. The molecule has 0 saturated heterocycles. The first-order valence-corrected chi connectivity index (χ1v) is 7.60. The molecule has 0 radical (unpaired) electrons.